The number of nitrogens with one attached hydrogen (secondary N) is 1. The van der Waals surface area contributed by atoms with E-state index in [1.807, 2.05) is 6.92 Å². The lowest BCUT2D eigenvalue weighted by Crippen LogP contribution is -2.56. The van der Waals surface area contributed by atoms with Crippen LogP contribution in [0.25, 0.3) is 0 Å². The molecule has 0 unspecified atom stereocenters. The lowest BCUT2D eigenvalue weighted by Gasteiger charge is -2.40. The molecule has 0 heterocycles. The third-order valence-electron chi connectivity index (χ3n) is 3.52. The Morgan fingerprint density at radius 3 is 2.65 bits per heavy atom. The fraction of sp³-hybridized carbons (Fsp3) is 0.429. The van der Waals surface area contributed by atoms with E-state index in [-0.39, 0.29) is 5.54 Å². The third-order valence-corrected chi connectivity index (χ3v) is 3.76. The van der Waals surface area contributed by atoms with Gasteiger partial charge in [-0.25, -0.2) is 4.79 Å². The lowest BCUT2D eigenvalue weighted by molar-refractivity contribution is -0.135. The molecule has 1 aliphatic carbocycles. The number of anilines is 1. The average molecular weight is 297 g/mol. The number of carboxylic acid groups (broad SMARTS) is 1. The van der Waals surface area contributed by atoms with Gasteiger partial charge in [0, 0.05) is 16.2 Å². The molecule has 1 aromatic rings. The predicted octanol–water partition coefficient (Wildman–Crippen LogP) is 2.88. The number of carbonyl (C=O) groups is 2. The molecule has 2 rings (SSSR count). The summed E-state index contributed by atoms with van der Waals surface area (Å²) in [6.07, 6.45) is 2.90. The highest BCUT2D eigenvalue weighted by molar-refractivity contribution is 6.30. The Morgan fingerprint density at radius 1 is 1.45 bits per heavy atom. The van der Waals surface area contributed by atoms with Crippen molar-refractivity contribution in [3.63, 3.8) is 0 Å². The summed E-state index contributed by atoms with van der Waals surface area (Å²) in [6, 6.07) is 6.20. The molecule has 1 aromatic carbocycles. The summed E-state index contributed by atoms with van der Waals surface area (Å²) in [4.78, 5) is 24.5. The minimum atomic E-state index is -1.07. The molecule has 2 amide bonds. The Bertz CT molecular complexity index is 529. The van der Waals surface area contributed by atoms with Gasteiger partial charge in [0.25, 0.3) is 0 Å². The van der Waals surface area contributed by atoms with Crippen LogP contribution < -0.4 is 10.2 Å². The zero-order valence-corrected chi connectivity index (χ0v) is 12.0. The van der Waals surface area contributed by atoms with E-state index < -0.39 is 18.5 Å². The number of rotatable bonds is 4. The van der Waals surface area contributed by atoms with Crippen molar-refractivity contribution in [2.45, 2.75) is 31.7 Å². The van der Waals surface area contributed by atoms with E-state index in [9.17, 15) is 9.59 Å². The highest BCUT2D eigenvalue weighted by Gasteiger charge is 2.35. The molecule has 108 valence electrons. The molecule has 0 atom stereocenters. The van der Waals surface area contributed by atoms with Gasteiger partial charge in [0.05, 0.1) is 0 Å². The number of hydrogen-bond donors (Lipinski definition) is 2. The molecule has 6 heteroatoms. The number of aliphatic carboxylic acids is 1. The van der Waals surface area contributed by atoms with Gasteiger partial charge in [-0.2, -0.15) is 0 Å². The lowest BCUT2D eigenvalue weighted by atomic mass is 9.79. The minimum Gasteiger partial charge on any atom is -0.480 e. The van der Waals surface area contributed by atoms with E-state index in [2.05, 4.69) is 5.32 Å². The zero-order valence-electron chi connectivity index (χ0n) is 11.2. The van der Waals surface area contributed by atoms with E-state index >= 15 is 0 Å². The Morgan fingerprint density at radius 2 is 2.15 bits per heavy atom. The molecular formula is C14H17ClN2O3. The molecule has 0 aromatic heterocycles. The number of carboxylic acids is 1. The van der Waals surface area contributed by atoms with Crippen LogP contribution in [0.4, 0.5) is 10.5 Å². The highest BCUT2D eigenvalue weighted by atomic mass is 35.5. The van der Waals surface area contributed by atoms with Crippen molar-refractivity contribution in [2.75, 3.05) is 11.4 Å². The normalized spacial score (nSPS) is 16.1. The van der Waals surface area contributed by atoms with E-state index in [1.54, 1.807) is 24.3 Å². The number of urea groups is 1. The summed E-state index contributed by atoms with van der Waals surface area (Å²) >= 11 is 5.90. The van der Waals surface area contributed by atoms with Crippen LogP contribution in [-0.2, 0) is 4.79 Å². The van der Waals surface area contributed by atoms with Crippen LogP contribution in [0.3, 0.4) is 0 Å². The Hall–Kier alpha value is -1.75. The second-order valence-corrected chi connectivity index (χ2v) is 5.74. The van der Waals surface area contributed by atoms with Crippen molar-refractivity contribution in [1.29, 1.82) is 0 Å². The molecule has 0 radical (unpaired) electrons. The van der Waals surface area contributed by atoms with Gasteiger partial charge in [0.2, 0.25) is 0 Å². The summed E-state index contributed by atoms with van der Waals surface area (Å²) in [7, 11) is 0. The number of hydrogen-bond acceptors (Lipinski definition) is 2. The molecular weight excluding hydrogens is 280 g/mol. The first-order valence-corrected chi connectivity index (χ1v) is 6.84. The maximum Gasteiger partial charge on any atom is 0.323 e. The van der Waals surface area contributed by atoms with Gasteiger partial charge >= 0.3 is 12.0 Å². The fourth-order valence-corrected chi connectivity index (χ4v) is 2.40. The van der Waals surface area contributed by atoms with Crippen LogP contribution in [0.2, 0.25) is 5.02 Å². The third kappa shape index (κ3) is 3.42. The maximum absolute atomic E-state index is 12.3. The van der Waals surface area contributed by atoms with E-state index in [0.29, 0.717) is 10.7 Å². The van der Waals surface area contributed by atoms with E-state index in [0.717, 1.165) is 19.3 Å². The smallest absolute Gasteiger partial charge is 0.323 e. The summed E-state index contributed by atoms with van der Waals surface area (Å²) in [5.41, 5.74) is 0.243. The van der Waals surface area contributed by atoms with Crippen molar-refractivity contribution < 1.29 is 14.7 Å². The Kier molecular flexibility index (Phi) is 4.18. The standard InChI is InChI=1S/C14H17ClN2O3/c1-14(6-3-7-14)16-13(20)17(9-12(18)19)11-5-2-4-10(15)8-11/h2,4-5,8H,3,6-7,9H2,1H3,(H,16,20)(H,18,19). The second kappa shape index (κ2) is 5.71. The van der Waals surface area contributed by atoms with Gasteiger partial charge in [0.15, 0.2) is 0 Å². The summed E-state index contributed by atoms with van der Waals surface area (Å²) in [6.45, 7) is 1.56. The summed E-state index contributed by atoms with van der Waals surface area (Å²) in [5.74, 6) is -1.07. The molecule has 0 spiro atoms. The minimum absolute atomic E-state index is 0.230. The van der Waals surface area contributed by atoms with Crippen molar-refractivity contribution >= 4 is 29.3 Å². The molecule has 1 fully saturated rings. The quantitative estimate of drug-likeness (QED) is 0.897. The number of benzene rings is 1. The van der Waals surface area contributed by atoms with Crippen LogP contribution in [0.1, 0.15) is 26.2 Å². The van der Waals surface area contributed by atoms with E-state index in [4.69, 9.17) is 16.7 Å². The van der Waals surface area contributed by atoms with Gasteiger partial charge in [-0.05, 0) is 44.4 Å². The van der Waals surface area contributed by atoms with Gasteiger partial charge in [0.1, 0.15) is 6.54 Å². The SMILES string of the molecule is CC1(NC(=O)N(CC(=O)O)c2cccc(Cl)c2)CCC1. The highest BCUT2D eigenvalue weighted by Crippen LogP contribution is 2.31. The van der Waals surface area contributed by atoms with Gasteiger partial charge < -0.3 is 10.4 Å². The van der Waals surface area contributed by atoms with Crippen molar-refractivity contribution in [2.24, 2.45) is 0 Å². The first kappa shape index (κ1) is 14.7. The number of nitrogens with zero attached hydrogens (tertiary/aromatic N) is 1. The van der Waals surface area contributed by atoms with Crippen molar-refractivity contribution in [3.8, 4) is 0 Å². The zero-order chi connectivity index (χ0) is 14.8. The Labute approximate surface area is 122 Å². The average Bonchev–Trinajstić information content (AvgIpc) is 2.33. The molecule has 0 aliphatic heterocycles. The molecule has 1 aliphatic rings. The summed E-state index contributed by atoms with van der Waals surface area (Å²) < 4.78 is 0. The fourth-order valence-electron chi connectivity index (χ4n) is 2.22. The van der Waals surface area contributed by atoms with Crippen LogP contribution >= 0.6 is 11.6 Å². The van der Waals surface area contributed by atoms with E-state index in [1.165, 1.54) is 4.90 Å². The number of amides is 2. The predicted molar refractivity (Wildman–Crippen MR) is 77.2 cm³/mol. The Balaban J connectivity index is 2.18. The summed E-state index contributed by atoms with van der Waals surface area (Å²) in [5, 5.41) is 12.3. The first-order chi connectivity index (χ1) is 9.39. The van der Waals surface area contributed by atoms with Crippen LogP contribution in [-0.4, -0.2) is 29.2 Å². The number of halogens is 1. The molecule has 1 saturated carbocycles. The van der Waals surface area contributed by atoms with Gasteiger partial charge in [-0.3, -0.25) is 9.69 Å². The topological polar surface area (TPSA) is 69.6 Å². The van der Waals surface area contributed by atoms with Crippen LogP contribution in [0.5, 0.6) is 0 Å². The maximum atomic E-state index is 12.3. The molecule has 0 saturated heterocycles. The monoisotopic (exact) mass is 296 g/mol. The van der Waals surface area contributed by atoms with Gasteiger partial charge in [-0.1, -0.05) is 17.7 Å². The van der Waals surface area contributed by atoms with Crippen LogP contribution in [0.15, 0.2) is 24.3 Å². The van der Waals surface area contributed by atoms with Crippen molar-refractivity contribution in [1.82, 2.24) is 5.32 Å². The number of carbonyl (C=O) groups excluding carboxylic acids is 1. The van der Waals surface area contributed by atoms with Crippen LogP contribution in [0, 0.1) is 0 Å². The van der Waals surface area contributed by atoms with Gasteiger partial charge in [-0.15, -0.1) is 0 Å². The largest absolute Gasteiger partial charge is 0.480 e. The molecule has 0 bridgehead atoms. The first-order valence-electron chi connectivity index (χ1n) is 6.47. The second-order valence-electron chi connectivity index (χ2n) is 5.30. The van der Waals surface area contributed by atoms with Crippen molar-refractivity contribution in [3.05, 3.63) is 29.3 Å². The molecule has 2 N–H and O–H groups in total. The molecule has 5 nitrogen and oxygen atoms in total. The molecule has 20 heavy (non-hydrogen) atoms.